The van der Waals surface area contributed by atoms with Crippen LogP contribution in [0.15, 0.2) is 48.8 Å². The van der Waals surface area contributed by atoms with Gasteiger partial charge in [0.25, 0.3) is 5.91 Å². The Morgan fingerprint density at radius 1 is 1.11 bits per heavy atom. The fourth-order valence-corrected chi connectivity index (χ4v) is 4.83. The third-order valence-corrected chi connectivity index (χ3v) is 6.82. The van der Waals surface area contributed by atoms with Gasteiger partial charge in [-0.05, 0) is 47.9 Å². The zero-order valence-corrected chi connectivity index (χ0v) is 21.1. The molecule has 1 atom stereocenters. The predicted molar refractivity (Wildman–Crippen MR) is 133 cm³/mol. The van der Waals surface area contributed by atoms with Gasteiger partial charge in [0.2, 0.25) is 11.8 Å². The van der Waals surface area contributed by atoms with E-state index >= 15 is 0 Å². The number of carbonyl (C=O) groups excluding carboxylic acids is 3. The standard InChI is InChI=1S/C27H34N4O5/c1-19(2)16-24(32)30-14-10-27(11-15-30)31(26(34)21-4-6-22(35-3)7-5-21)23(18-36-27)25(33)29-17-20-8-12-28-13-9-20/h4-9,12-13,19,23H,10-11,14-18H2,1-3H3,(H,29,33)/t23-/m0/s1. The fraction of sp³-hybridized carbons (Fsp3) is 0.481. The molecule has 2 aliphatic rings. The second kappa shape index (κ2) is 11.1. The van der Waals surface area contributed by atoms with Crippen molar-refractivity contribution < 1.29 is 23.9 Å². The molecule has 0 saturated carbocycles. The van der Waals surface area contributed by atoms with Gasteiger partial charge in [-0.1, -0.05) is 13.8 Å². The summed E-state index contributed by atoms with van der Waals surface area (Å²) >= 11 is 0. The molecular formula is C27H34N4O5. The first-order chi connectivity index (χ1) is 17.3. The number of methoxy groups -OCH3 is 1. The Balaban J connectivity index is 1.55. The van der Waals surface area contributed by atoms with Crippen LogP contribution in [0.25, 0.3) is 0 Å². The average molecular weight is 495 g/mol. The molecule has 2 aliphatic heterocycles. The summed E-state index contributed by atoms with van der Waals surface area (Å²) in [5.41, 5.74) is 0.424. The Labute approximate surface area is 211 Å². The Morgan fingerprint density at radius 2 is 1.78 bits per heavy atom. The first-order valence-corrected chi connectivity index (χ1v) is 12.4. The van der Waals surface area contributed by atoms with Gasteiger partial charge in [-0.2, -0.15) is 0 Å². The van der Waals surface area contributed by atoms with Crippen LogP contribution in [0, 0.1) is 5.92 Å². The van der Waals surface area contributed by atoms with Gasteiger partial charge in [0.15, 0.2) is 0 Å². The van der Waals surface area contributed by atoms with E-state index in [0.717, 1.165) is 5.56 Å². The summed E-state index contributed by atoms with van der Waals surface area (Å²) in [5, 5.41) is 2.94. The summed E-state index contributed by atoms with van der Waals surface area (Å²) in [4.78, 5) is 47.2. The van der Waals surface area contributed by atoms with E-state index in [1.807, 2.05) is 30.9 Å². The van der Waals surface area contributed by atoms with Crippen LogP contribution in [0.1, 0.15) is 49.0 Å². The molecule has 1 aromatic heterocycles. The second-order valence-corrected chi connectivity index (χ2v) is 9.73. The number of carbonyl (C=O) groups is 3. The molecule has 36 heavy (non-hydrogen) atoms. The van der Waals surface area contributed by atoms with E-state index in [2.05, 4.69) is 10.3 Å². The number of amides is 3. The SMILES string of the molecule is COc1ccc(C(=O)N2[C@H](C(=O)NCc3ccncc3)COC23CCN(C(=O)CC(C)C)CC3)cc1. The van der Waals surface area contributed by atoms with Crippen molar-refractivity contribution >= 4 is 17.7 Å². The van der Waals surface area contributed by atoms with Gasteiger partial charge < -0.3 is 19.7 Å². The largest absolute Gasteiger partial charge is 0.497 e. The van der Waals surface area contributed by atoms with E-state index in [1.54, 1.807) is 48.7 Å². The molecule has 9 nitrogen and oxygen atoms in total. The van der Waals surface area contributed by atoms with E-state index in [0.29, 0.717) is 50.2 Å². The summed E-state index contributed by atoms with van der Waals surface area (Å²) in [5.74, 6) is 0.475. The molecule has 1 N–H and O–H groups in total. The van der Waals surface area contributed by atoms with Crippen LogP contribution in [-0.4, -0.2) is 71.1 Å². The minimum absolute atomic E-state index is 0.101. The van der Waals surface area contributed by atoms with Crippen molar-refractivity contribution in [3.8, 4) is 5.75 Å². The van der Waals surface area contributed by atoms with E-state index < -0.39 is 11.8 Å². The Bertz CT molecular complexity index is 1070. The lowest BCUT2D eigenvalue weighted by Gasteiger charge is -2.44. The van der Waals surface area contributed by atoms with Gasteiger partial charge in [0.1, 0.15) is 17.5 Å². The summed E-state index contributed by atoms with van der Waals surface area (Å²) in [7, 11) is 1.57. The normalized spacial score (nSPS) is 18.9. The van der Waals surface area contributed by atoms with Crippen LogP contribution in [0.4, 0.5) is 0 Å². The number of likely N-dealkylation sites (tertiary alicyclic amines) is 1. The van der Waals surface area contributed by atoms with Crippen molar-refractivity contribution in [3.05, 3.63) is 59.9 Å². The Morgan fingerprint density at radius 3 is 2.39 bits per heavy atom. The molecule has 0 unspecified atom stereocenters. The van der Waals surface area contributed by atoms with E-state index in [4.69, 9.17) is 9.47 Å². The number of ether oxygens (including phenoxy) is 2. The van der Waals surface area contributed by atoms with Crippen molar-refractivity contribution in [2.24, 2.45) is 5.92 Å². The maximum absolute atomic E-state index is 13.8. The van der Waals surface area contributed by atoms with Crippen LogP contribution in [-0.2, 0) is 20.9 Å². The van der Waals surface area contributed by atoms with Crippen molar-refractivity contribution in [1.82, 2.24) is 20.1 Å². The van der Waals surface area contributed by atoms with Gasteiger partial charge in [-0.3, -0.25) is 24.3 Å². The van der Waals surface area contributed by atoms with Crippen LogP contribution < -0.4 is 10.1 Å². The molecule has 0 bridgehead atoms. The number of pyridine rings is 1. The lowest BCUT2D eigenvalue weighted by Crippen LogP contribution is -2.59. The lowest BCUT2D eigenvalue weighted by molar-refractivity contribution is -0.144. The zero-order valence-electron chi connectivity index (χ0n) is 21.1. The molecule has 1 aromatic carbocycles. The van der Waals surface area contributed by atoms with Crippen LogP contribution in [0.3, 0.4) is 0 Å². The molecule has 2 fully saturated rings. The highest BCUT2D eigenvalue weighted by Gasteiger charge is 2.54. The van der Waals surface area contributed by atoms with E-state index in [-0.39, 0.29) is 30.2 Å². The molecule has 2 aromatic rings. The van der Waals surface area contributed by atoms with Crippen molar-refractivity contribution in [2.45, 2.75) is 51.4 Å². The number of nitrogens with one attached hydrogen (secondary N) is 1. The van der Waals surface area contributed by atoms with Crippen molar-refractivity contribution in [1.29, 1.82) is 0 Å². The minimum Gasteiger partial charge on any atom is -0.497 e. The Kier molecular flexibility index (Phi) is 7.88. The molecule has 9 heteroatoms. The highest BCUT2D eigenvalue weighted by atomic mass is 16.5. The first kappa shape index (κ1) is 25.6. The number of piperidine rings is 1. The van der Waals surface area contributed by atoms with Crippen molar-refractivity contribution in [3.63, 3.8) is 0 Å². The predicted octanol–water partition coefficient (Wildman–Crippen LogP) is 2.61. The molecule has 0 aliphatic carbocycles. The summed E-state index contributed by atoms with van der Waals surface area (Å²) in [6.07, 6.45) is 4.73. The van der Waals surface area contributed by atoms with Gasteiger partial charge in [-0.25, -0.2) is 0 Å². The number of nitrogens with zero attached hydrogens (tertiary/aromatic N) is 3. The molecule has 3 amide bonds. The summed E-state index contributed by atoms with van der Waals surface area (Å²) in [6.45, 7) is 5.42. The van der Waals surface area contributed by atoms with Gasteiger partial charge in [-0.15, -0.1) is 0 Å². The summed E-state index contributed by atoms with van der Waals surface area (Å²) < 4.78 is 11.5. The first-order valence-electron chi connectivity index (χ1n) is 12.4. The number of aromatic nitrogens is 1. The minimum atomic E-state index is -0.940. The molecule has 192 valence electrons. The monoisotopic (exact) mass is 494 g/mol. The average Bonchev–Trinajstić information content (AvgIpc) is 3.26. The molecular weight excluding hydrogens is 460 g/mol. The van der Waals surface area contributed by atoms with Crippen LogP contribution in [0.2, 0.25) is 0 Å². The van der Waals surface area contributed by atoms with Crippen LogP contribution >= 0.6 is 0 Å². The maximum atomic E-state index is 13.8. The Hall–Kier alpha value is -3.46. The number of benzene rings is 1. The molecule has 2 saturated heterocycles. The highest BCUT2D eigenvalue weighted by Crippen LogP contribution is 2.39. The van der Waals surface area contributed by atoms with Gasteiger partial charge in [0, 0.05) is 56.9 Å². The van der Waals surface area contributed by atoms with Gasteiger partial charge in [0.05, 0.1) is 13.7 Å². The molecule has 4 rings (SSSR count). The third-order valence-electron chi connectivity index (χ3n) is 6.82. The van der Waals surface area contributed by atoms with Gasteiger partial charge >= 0.3 is 0 Å². The summed E-state index contributed by atoms with van der Waals surface area (Å²) in [6, 6.07) is 9.72. The van der Waals surface area contributed by atoms with E-state index in [1.165, 1.54) is 0 Å². The zero-order chi connectivity index (χ0) is 25.7. The molecule has 1 spiro atoms. The maximum Gasteiger partial charge on any atom is 0.256 e. The number of hydrogen-bond donors (Lipinski definition) is 1. The topological polar surface area (TPSA) is 101 Å². The van der Waals surface area contributed by atoms with E-state index in [9.17, 15) is 14.4 Å². The smallest absolute Gasteiger partial charge is 0.256 e. The number of rotatable bonds is 7. The van der Waals surface area contributed by atoms with Crippen LogP contribution in [0.5, 0.6) is 5.75 Å². The fourth-order valence-electron chi connectivity index (χ4n) is 4.83. The lowest BCUT2D eigenvalue weighted by atomic mass is 9.96. The quantitative estimate of drug-likeness (QED) is 0.635. The highest BCUT2D eigenvalue weighted by molar-refractivity contribution is 5.98. The number of hydrogen-bond acceptors (Lipinski definition) is 6. The van der Waals surface area contributed by atoms with Crippen molar-refractivity contribution in [2.75, 3.05) is 26.8 Å². The molecule has 0 radical (unpaired) electrons. The molecule has 3 heterocycles. The third kappa shape index (κ3) is 5.51. The second-order valence-electron chi connectivity index (χ2n) is 9.73.